The number of halogens is 1. The molecule has 108 valence electrons. The first kappa shape index (κ1) is 13.4. The number of nitrogens with one attached hydrogen (secondary N) is 1. The fourth-order valence-electron chi connectivity index (χ4n) is 3.61. The molecule has 20 heavy (non-hydrogen) atoms. The van der Waals surface area contributed by atoms with Gasteiger partial charge in [-0.25, -0.2) is 9.18 Å². The number of carbonyl (C=O) groups is 1. The molecular weight excluding hydrogens is 259 g/mol. The highest BCUT2D eigenvalue weighted by Crippen LogP contribution is 2.41. The molecule has 2 saturated heterocycles. The highest BCUT2D eigenvalue weighted by Gasteiger charge is 2.51. The van der Waals surface area contributed by atoms with E-state index >= 15 is 0 Å². The van der Waals surface area contributed by atoms with E-state index < -0.39 is 11.5 Å². The van der Waals surface area contributed by atoms with E-state index in [-0.39, 0.29) is 5.82 Å². The van der Waals surface area contributed by atoms with Crippen LogP contribution in [0.3, 0.4) is 0 Å². The number of carboxylic acid groups (broad SMARTS) is 1. The molecule has 2 atom stereocenters. The summed E-state index contributed by atoms with van der Waals surface area (Å²) in [4.78, 5) is 14.1. The summed E-state index contributed by atoms with van der Waals surface area (Å²) >= 11 is 0. The highest BCUT2D eigenvalue weighted by molar-refractivity contribution is 5.83. The summed E-state index contributed by atoms with van der Waals surface area (Å²) in [5.74, 6) is -1.13. The molecule has 1 aromatic rings. The van der Waals surface area contributed by atoms with E-state index in [4.69, 9.17) is 0 Å². The Morgan fingerprint density at radius 1 is 1.30 bits per heavy atom. The zero-order valence-corrected chi connectivity index (χ0v) is 11.5. The Hall–Kier alpha value is -1.62. The van der Waals surface area contributed by atoms with Crippen LogP contribution >= 0.6 is 0 Å². The van der Waals surface area contributed by atoms with Crippen molar-refractivity contribution < 1.29 is 14.3 Å². The maximum atomic E-state index is 13.0. The Morgan fingerprint density at radius 2 is 1.85 bits per heavy atom. The minimum atomic E-state index is -0.934. The van der Waals surface area contributed by atoms with Gasteiger partial charge in [0.05, 0.1) is 0 Å². The average Bonchev–Trinajstić information content (AvgIpc) is 2.64. The number of rotatable bonds is 3. The molecule has 4 nitrogen and oxygen atoms in total. The standard InChI is InChI=1S/C15H19FN2O2/c1-18-12-6-7-13(18)9-15(8-12,14(19)20)17-11-4-2-10(16)3-5-11/h2-5,12-13,17H,6-9H2,1H3,(H,19,20). The van der Waals surface area contributed by atoms with E-state index in [9.17, 15) is 14.3 Å². The van der Waals surface area contributed by atoms with Gasteiger partial charge in [-0.1, -0.05) is 0 Å². The molecule has 2 fully saturated rings. The highest BCUT2D eigenvalue weighted by atomic mass is 19.1. The minimum Gasteiger partial charge on any atom is -0.480 e. The van der Waals surface area contributed by atoms with Crippen molar-refractivity contribution in [2.24, 2.45) is 0 Å². The lowest BCUT2D eigenvalue weighted by Gasteiger charge is -2.43. The van der Waals surface area contributed by atoms with Crippen LogP contribution in [0.4, 0.5) is 10.1 Å². The smallest absolute Gasteiger partial charge is 0.329 e. The number of piperidine rings is 1. The minimum absolute atomic E-state index is 0.316. The van der Waals surface area contributed by atoms with Crippen LogP contribution in [0.25, 0.3) is 0 Å². The summed E-state index contributed by atoms with van der Waals surface area (Å²) in [6, 6.07) is 6.53. The molecule has 1 aromatic carbocycles. The number of hydrogen-bond donors (Lipinski definition) is 2. The average molecular weight is 278 g/mol. The lowest BCUT2D eigenvalue weighted by atomic mass is 9.82. The first-order chi connectivity index (χ1) is 9.50. The lowest BCUT2D eigenvalue weighted by Crippen LogP contribution is -2.57. The second kappa shape index (κ2) is 4.74. The molecule has 5 heteroatoms. The van der Waals surface area contributed by atoms with Gasteiger partial charge in [0, 0.05) is 17.8 Å². The van der Waals surface area contributed by atoms with Gasteiger partial charge in [0.15, 0.2) is 0 Å². The summed E-state index contributed by atoms with van der Waals surface area (Å²) in [5.41, 5.74) is -0.270. The van der Waals surface area contributed by atoms with Crippen molar-refractivity contribution in [2.75, 3.05) is 12.4 Å². The van der Waals surface area contributed by atoms with Gasteiger partial charge in [0.25, 0.3) is 0 Å². The largest absolute Gasteiger partial charge is 0.480 e. The maximum absolute atomic E-state index is 13.0. The van der Waals surface area contributed by atoms with Gasteiger partial charge < -0.3 is 15.3 Å². The Balaban J connectivity index is 1.86. The van der Waals surface area contributed by atoms with Gasteiger partial charge in [0.1, 0.15) is 11.4 Å². The van der Waals surface area contributed by atoms with Crippen LogP contribution in [0.5, 0.6) is 0 Å². The number of hydrogen-bond acceptors (Lipinski definition) is 3. The molecule has 2 heterocycles. The van der Waals surface area contributed by atoms with Crippen LogP contribution in [0, 0.1) is 5.82 Å². The van der Waals surface area contributed by atoms with Crippen LogP contribution in [-0.2, 0) is 4.79 Å². The lowest BCUT2D eigenvalue weighted by molar-refractivity contribution is -0.145. The van der Waals surface area contributed by atoms with Gasteiger partial charge in [-0.05, 0) is 57.0 Å². The Bertz CT molecular complexity index is 503. The summed E-state index contributed by atoms with van der Waals surface area (Å²) in [6.07, 6.45) is 3.29. The summed E-state index contributed by atoms with van der Waals surface area (Å²) in [7, 11) is 2.08. The van der Waals surface area contributed by atoms with Crippen molar-refractivity contribution in [3.8, 4) is 0 Å². The second-order valence-corrected chi connectivity index (χ2v) is 5.98. The molecule has 0 saturated carbocycles. The number of benzene rings is 1. The van der Waals surface area contributed by atoms with Crippen molar-refractivity contribution >= 4 is 11.7 Å². The summed E-state index contributed by atoms with van der Waals surface area (Å²) in [5, 5.41) is 12.8. The van der Waals surface area contributed by atoms with Gasteiger partial charge >= 0.3 is 5.97 Å². The van der Waals surface area contributed by atoms with E-state index in [0.717, 1.165) is 12.8 Å². The quantitative estimate of drug-likeness (QED) is 0.891. The van der Waals surface area contributed by atoms with Crippen molar-refractivity contribution in [1.29, 1.82) is 0 Å². The number of aliphatic carboxylic acids is 1. The first-order valence-electron chi connectivity index (χ1n) is 6.99. The van der Waals surface area contributed by atoms with E-state index in [0.29, 0.717) is 30.6 Å². The van der Waals surface area contributed by atoms with Crippen LogP contribution in [0.15, 0.2) is 24.3 Å². The molecule has 2 bridgehead atoms. The van der Waals surface area contributed by atoms with Gasteiger partial charge in [-0.15, -0.1) is 0 Å². The molecule has 2 aliphatic heterocycles. The molecule has 0 aliphatic carbocycles. The van der Waals surface area contributed by atoms with Crippen LogP contribution in [0.1, 0.15) is 25.7 Å². The Morgan fingerprint density at radius 3 is 2.35 bits per heavy atom. The molecular formula is C15H19FN2O2. The summed E-state index contributed by atoms with van der Waals surface area (Å²) < 4.78 is 13.0. The van der Waals surface area contributed by atoms with Crippen LogP contribution < -0.4 is 5.32 Å². The fourth-order valence-corrected chi connectivity index (χ4v) is 3.61. The van der Waals surface area contributed by atoms with Gasteiger partial charge in [-0.3, -0.25) is 0 Å². The summed E-state index contributed by atoms with van der Waals surface area (Å²) in [6.45, 7) is 0. The van der Waals surface area contributed by atoms with Gasteiger partial charge in [0.2, 0.25) is 0 Å². The second-order valence-electron chi connectivity index (χ2n) is 5.98. The Kier molecular flexibility index (Phi) is 3.17. The van der Waals surface area contributed by atoms with E-state index in [1.807, 2.05) is 0 Å². The third-order valence-electron chi connectivity index (χ3n) is 4.79. The van der Waals surface area contributed by atoms with Crippen LogP contribution in [-0.4, -0.2) is 40.6 Å². The number of nitrogens with zero attached hydrogens (tertiary/aromatic N) is 1. The molecule has 2 aliphatic rings. The topological polar surface area (TPSA) is 52.6 Å². The SMILES string of the molecule is CN1C2CCC1CC(Nc1ccc(F)cc1)(C(=O)O)C2. The molecule has 0 aromatic heterocycles. The zero-order chi connectivity index (χ0) is 14.3. The molecule has 2 N–H and O–H groups in total. The van der Waals surface area contributed by atoms with E-state index in [1.54, 1.807) is 12.1 Å². The van der Waals surface area contributed by atoms with E-state index in [1.165, 1.54) is 12.1 Å². The van der Waals surface area contributed by atoms with Gasteiger partial charge in [-0.2, -0.15) is 0 Å². The Labute approximate surface area is 117 Å². The van der Waals surface area contributed by atoms with Crippen molar-refractivity contribution in [3.05, 3.63) is 30.1 Å². The first-order valence-corrected chi connectivity index (χ1v) is 6.99. The van der Waals surface area contributed by atoms with Crippen LogP contribution in [0.2, 0.25) is 0 Å². The monoisotopic (exact) mass is 278 g/mol. The predicted molar refractivity (Wildman–Crippen MR) is 74.2 cm³/mol. The van der Waals surface area contributed by atoms with Crippen molar-refractivity contribution in [2.45, 2.75) is 43.3 Å². The number of fused-ring (bicyclic) bond motifs is 2. The third-order valence-corrected chi connectivity index (χ3v) is 4.79. The number of carboxylic acids is 1. The van der Waals surface area contributed by atoms with E-state index in [2.05, 4.69) is 17.3 Å². The van der Waals surface area contributed by atoms with Crippen molar-refractivity contribution in [3.63, 3.8) is 0 Å². The third kappa shape index (κ3) is 2.16. The molecule has 3 rings (SSSR count). The molecule has 0 radical (unpaired) electrons. The molecule has 0 spiro atoms. The predicted octanol–water partition coefficient (Wildman–Crippen LogP) is 2.32. The normalized spacial score (nSPS) is 33.1. The number of anilines is 1. The molecule has 0 amide bonds. The maximum Gasteiger partial charge on any atom is 0.329 e. The zero-order valence-electron chi connectivity index (χ0n) is 11.5. The van der Waals surface area contributed by atoms with Crippen molar-refractivity contribution in [1.82, 2.24) is 4.90 Å². The fraction of sp³-hybridized carbons (Fsp3) is 0.533. The molecule has 2 unspecified atom stereocenters.